The Bertz CT molecular complexity index is 429. The largest absolute Gasteiger partial charge is 0.351 e. The fourth-order valence-corrected chi connectivity index (χ4v) is 3.39. The Morgan fingerprint density at radius 1 is 1.48 bits per heavy atom. The molecule has 0 aromatic carbocycles. The number of amides is 1. The number of carbonyl (C=O) groups excluding carboxylic acids is 1. The maximum Gasteiger partial charge on any atom is 0.220 e. The van der Waals surface area contributed by atoms with Crippen molar-refractivity contribution < 1.29 is 4.79 Å². The lowest BCUT2D eigenvalue weighted by Gasteiger charge is -2.23. The number of rotatable bonds is 7. The average Bonchev–Trinajstić information content (AvgIpc) is 3.07. The van der Waals surface area contributed by atoms with E-state index in [-0.39, 0.29) is 17.9 Å². The minimum Gasteiger partial charge on any atom is -0.351 e. The molecule has 0 bridgehead atoms. The molecule has 5 nitrogen and oxygen atoms in total. The van der Waals surface area contributed by atoms with Gasteiger partial charge in [0.15, 0.2) is 0 Å². The first-order valence-electron chi connectivity index (χ1n) is 8.07. The van der Waals surface area contributed by atoms with E-state index < -0.39 is 0 Å². The fourth-order valence-electron chi connectivity index (χ4n) is 3.39. The van der Waals surface area contributed by atoms with E-state index in [1.54, 1.807) is 6.20 Å². The number of hydrogen-bond donors (Lipinski definition) is 2. The monoisotopic (exact) mass is 292 g/mol. The molecule has 2 unspecified atom stereocenters. The van der Waals surface area contributed by atoms with E-state index in [4.69, 9.17) is 5.73 Å². The van der Waals surface area contributed by atoms with Crippen LogP contribution in [0.15, 0.2) is 18.7 Å². The highest BCUT2D eigenvalue weighted by Gasteiger charge is 2.30. The van der Waals surface area contributed by atoms with E-state index >= 15 is 0 Å². The number of nitrogens with two attached hydrogens (primary N) is 1. The van der Waals surface area contributed by atoms with Gasteiger partial charge >= 0.3 is 0 Å². The van der Waals surface area contributed by atoms with Gasteiger partial charge in [0, 0.05) is 24.9 Å². The van der Waals surface area contributed by atoms with E-state index in [0.717, 1.165) is 25.7 Å². The van der Waals surface area contributed by atoms with Crippen LogP contribution >= 0.6 is 0 Å². The van der Waals surface area contributed by atoms with Crippen molar-refractivity contribution in [3.8, 4) is 0 Å². The Kier molecular flexibility index (Phi) is 5.79. The lowest BCUT2D eigenvalue weighted by Crippen LogP contribution is -2.39. The first-order valence-corrected chi connectivity index (χ1v) is 8.07. The molecule has 1 fully saturated rings. The molecular weight excluding hydrogens is 264 g/mol. The van der Waals surface area contributed by atoms with Crippen molar-refractivity contribution in [3.63, 3.8) is 0 Å². The second-order valence-corrected chi connectivity index (χ2v) is 6.62. The molecule has 2 rings (SSSR count). The van der Waals surface area contributed by atoms with Crippen molar-refractivity contribution in [3.05, 3.63) is 18.7 Å². The van der Waals surface area contributed by atoms with Crippen LogP contribution in [0.3, 0.4) is 0 Å². The quantitative estimate of drug-likeness (QED) is 0.808. The van der Waals surface area contributed by atoms with E-state index in [1.807, 2.05) is 12.5 Å². The summed E-state index contributed by atoms with van der Waals surface area (Å²) in [6.45, 7) is 4.93. The van der Waals surface area contributed by atoms with Crippen LogP contribution in [0.5, 0.6) is 0 Å². The summed E-state index contributed by atoms with van der Waals surface area (Å²) in [7, 11) is 0. The third-order valence-corrected chi connectivity index (χ3v) is 4.35. The van der Waals surface area contributed by atoms with E-state index in [1.165, 1.54) is 0 Å². The molecule has 1 heterocycles. The van der Waals surface area contributed by atoms with Crippen molar-refractivity contribution in [2.24, 2.45) is 17.6 Å². The third kappa shape index (κ3) is 4.56. The molecule has 1 amide bonds. The lowest BCUT2D eigenvalue weighted by molar-refractivity contribution is -0.123. The molecule has 3 N–H and O–H groups in total. The van der Waals surface area contributed by atoms with Crippen LogP contribution in [0.25, 0.3) is 0 Å². The van der Waals surface area contributed by atoms with Gasteiger partial charge in [-0.15, -0.1) is 0 Å². The topological polar surface area (TPSA) is 72.9 Å². The van der Waals surface area contributed by atoms with Crippen LogP contribution in [-0.4, -0.2) is 28.0 Å². The maximum atomic E-state index is 12.3. The summed E-state index contributed by atoms with van der Waals surface area (Å²) in [5, 5.41) is 3.21. The number of imidazole rings is 1. The van der Waals surface area contributed by atoms with Gasteiger partial charge in [-0.05, 0) is 44.1 Å². The van der Waals surface area contributed by atoms with Crippen LogP contribution in [0.4, 0.5) is 0 Å². The molecule has 1 aromatic rings. The number of nitrogens with zero attached hydrogens (tertiary/aromatic N) is 2. The molecular formula is C16H28N4O. The zero-order valence-corrected chi connectivity index (χ0v) is 13.2. The van der Waals surface area contributed by atoms with Gasteiger partial charge in [0.2, 0.25) is 5.91 Å². The molecule has 1 aromatic heterocycles. The highest BCUT2D eigenvalue weighted by Crippen LogP contribution is 2.30. The molecule has 0 saturated heterocycles. The van der Waals surface area contributed by atoms with Gasteiger partial charge in [0.1, 0.15) is 0 Å². The van der Waals surface area contributed by atoms with Gasteiger partial charge < -0.3 is 15.6 Å². The van der Waals surface area contributed by atoms with E-state index in [9.17, 15) is 4.79 Å². The summed E-state index contributed by atoms with van der Waals surface area (Å²) in [5.41, 5.74) is 5.79. The van der Waals surface area contributed by atoms with Gasteiger partial charge in [-0.3, -0.25) is 4.79 Å². The van der Waals surface area contributed by atoms with Crippen molar-refractivity contribution in [1.82, 2.24) is 14.9 Å². The molecule has 5 heteroatoms. The van der Waals surface area contributed by atoms with Gasteiger partial charge in [-0.1, -0.05) is 13.8 Å². The second kappa shape index (κ2) is 7.59. The second-order valence-electron chi connectivity index (χ2n) is 6.62. The smallest absolute Gasteiger partial charge is 0.220 e. The third-order valence-electron chi connectivity index (χ3n) is 4.35. The molecule has 1 aliphatic rings. The predicted molar refractivity (Wildman–Crippen MR) is 83.7 cm³/mol. The van der Waals surface area contributed by atoms with Crippen molar-refractivity contribution in [2.75, 3.05) is 6.54 Å². The van der Waals surface area contributed by atoms with Crippen LogP contribution in [0.1, 0.15) is 52.0 Å². The zero-order chi connectivity index (χ0) is 15.2. The number of nitrogens with one attached hydrogen (secondary N) is 1. The Hall–Kier alpha value is -1.36. The highest BCUT2D eigenvalue weighted by molar-refractivity contribution is 5.76. The summed E-state index contributed by atoms with van der Waals surface area (Å²) < 4.78 is 2.12. The zero-order valence-electron chi connectivity index (χ0n) is 13.2. The van der Waals surface area contributed by atoms with Crippen LogP contribution in [0.2, 0.25) is 0 Å². The minimum absolute atomic E-state index is 0.142. The summed E-state index contributed by atoms with van der Waals surface area (Å²) in [4.78, 5) is 16.4. The fraction of sp³-hybridized carbons (Fsp3) is 0.750. The number of hydrogen-bond acceptors (Lipinski definition) is 3. The summed E-state index contributed by atoms with van der Waals surface area (Å²) in [6, 6.07) is 0.571. The molecule has 0 aliphatic heterocycles. The van der Waals surface area contributed by atoms with E-state index in [2.05, 4.69) is 28.7 Å². The lowest BCUT2D eigenvalue weighted by atomic mass is 9.94. The van der Waals surface area contributed by atoms with Crippen LogP contribution < -0.4 is 11.1 Å². The van der Waals surface area contributed by atoms with Crippen LogP contribution in [0, 0.1) is 11.8 Å². The average molecular weight is 292 g/mol. The standard InChI is InChI=1S/C16H28N4O/c1-12(2)8-13(10-17)9-16(21)19-14-4-3-5-15(14)20-7-6-18-11-20/h6-7,11-15H,3-5,8-10,17H2,1-2H3,(H,19,21)/t13-,14?,15?/m0/s1. The summed E-state index contributed by atoms with van der Waals surface area (Å²) in [6.07, 6.45) is 10.5. The van der Waals surface area contributed by atoms with Gasteiger partial charge in [0.25, 0.3) is 0 Å². The molecule has 0 spiro atoms. The Morgan fingerprint density at radius 3 is 2.90 bits per heavy atom. The Labute approximate surface area is 127 Å². The van der Waals surface area contributed by atoms with Crippen molar-refractivity contribution in [1.29, 1.82) is 0 Å². The van der Waals surface area contributed by atoms with Crippen molar-refractivity contribution in [2.45, 2.75) is 58.0 Å². The Morgan fingerprint density at radius 2 is 2.29 bits per heavy atom. The molecule has 118 valence electrons. The Balaban J connectivity index is 1.86. The molecule has 1 saturated carbocycles. The molecule has 0 radical (unpaired) electrons. The summed E-state index contributed by atoms with van der Waals surface area (Å²) >= 11 is 0. The number of carbonyl (C=O) groups is 1. The molecule has 21 heavy (non-hydrogen) atoms. The summed E-state index contributed by atoms with van der Waals surface area (Å²) in [5.74, 6) is 1.01. The SMILES string of the molecule is CC(C)C[C@H](CN)CC(=O)NC1CCCC1n1ccnc1. The van der Waals surface area contributed by atoms with E-state index in [0.29, 0.717) is 24.9 Å². The first-order chi connectivity index (χ1) is 10.1. The van der Waals surface area contributed by atoms with Crippen molar-refractivity contribution >= 4 is 5.91 Å². The minimum atomic E-state index is 0.142. The number of aromatic nitrogens is 2. The van der Waals surface area contributed by atoms with Crippen LogP contribution in [-0.2, 0) is 4.79 Å². The highest BCUT2D eigenvalue weighted by atomic mass is 16.1. The predicted octanol–water partition coefficient (Wildman–Crippen LogP) is 2.10. The normalized spacial score (nSPS) is 23.4. The van der Waals surface area contributed by atoms with Gasteiger partial charge in [0.05, 0.1) is 12.4 Å². The molecule has 3 atom stereocenters. The maximum absolute atomic E-state index is 12.3. The molecule has 1 aliphatic carbocycles. The van der Waals surface area contributed by atoms with Gasteiger partial charge in [-0.25, -0.2) is 4.98 Å². The first kappa shape index (κ1) is 16.0. The van der Waals surface area contributed by atoms with Gasteiger partial charge in [-0.2, -0.15) is 0 Å².